The molecule has 14 heteroatoms. The van der Waals surface area contributed by atoms with Crippen LogP contribution in [0.4, 0.5) is 0 Å². The molecule has 1 aliphatic heterocycles. The van der Waals surface area contributed by atoms with Crippen molar-refractivity contribution < 1.29 is 33.1 Å². The lowest BCUT2D eigenvalue weighted by molar-refractivity contribution is -0.119. The molecule has 0 bridgehead atoms. The number of H-pyrrole nitrogens is 1. The molecule has 2 heterocycles. The Labute approximate surface area is 152 Å². The van der Waals surface area contributed by atoms with Crippen molar-refractivity contribution in [2.24, 2.45) is 11.5 Å². The Balaban J connectivity index is 1.96. The lowest BCUT2D eigenvalue weighted by atomic mass is 10.2. The van der Waals surface area contributed by atoms with Crippen LogP contribution < -0.4 is 22.7 Å². The summed E-state index contributed by atoms with van der Waals surface area (Å²) in [6.07, 6.45) is -1.78. The van der Waals surface area contributed by atoms with Gasteiger partial charge in [-0.2, -0.15) is 0 Å². The number of aliphatic hydroxyl groups is 1. The molecular weight excluding hydrogens is 387 g/mol. The van der Waals surface area contributed by atoms with Crippen molar-refractivity contribution in [2.75, 3.05) is 13.2 Å². The second kappa shape index (κ2) is 8.44. The van der Waals surface area contributed by atoms with E-state index in [9.17, 15) is 28.9 Å². The third kappa shape index (κ3) is 5.56. The van der Waals surface area contributed by atoms with Gasteiger partial charge in [0.15, 0.2) is 0 Å². The molecule has 27 heavy (non-hydrogen) atoms. The summed E-state index contributed by atoms with van der Waals surface area (Å²) in [6, 6.07) is -1.29. The summed E-state index contributed by atoms with van der Waals surface area (Å²) in [6.45, 7) is 0.330. The lowest BCUT2D eigenvalue weighted by Crippen LogP contribution is -2.40. The molecular formula is C13H21N4O9P. The third-order valence-electron chi connectivity index (χ3n) is 3.84. The van der Waals surface area contributed by atoms with Crippen LogP contribution in [0.3, 0.4) is 0 Å². The second-order valence-electron chi connectivity index (χ2n) is 5.98. The van der Waals surface area contributed by atoms with Crippen LogP contribution in [0, 0.1) is 6.92 Å². The van der Waals surface area contributed by atoms with Crippen molar-refractivity contribution in [1.82, 2.24) is 9.55 Å². The van der Waals surface area contributed by atoms with Crippen LogP contribution in [0.25, 0.3) is 0 Å². The number of primary amides is 1. The highest BCUT2D eigenvalue weighted by molar-refractivity contribution is 7.47. The van der Waals surface area contributed by atoms with Gasteiger partial charge in [0, 0.05) is 18.2 Å². The van der Waals surface area contributed by atoms with E-state index in [4.69, 9.17) is 20.7 Å². The van der Waals surface area contributed by atoms with Crippen LogP contribution >= 0.6 is 7.82 Å². The first-order valence-corrected chi connectivity index (χ1v) is 9.32. The number of carbonyl (C=O) groups excluding carboxylic acids is 1. The maximum absolute atomic E-state index is 11.9. The molecule has 2 unspecified atom stereocenters. The lowest BCUT2D eigenvalue weighted by Gasteiger charge is -2.19. The minimum Gasteiger partial charge on any atom is -0.390 e. The summed E-state index contributed by atoms with van der Waals surface area (Å²) in [5.41, 5.74) is 9.18. The molecule has 1 aromatic rings. The Morgan fingerprint density at radius 1 is 1.52 bits per heavy atom. The molecule has 1 aliphatic rings. The molecule has 0 aliphatic carbocycles. The number of aromatic nitrogens is 2. The van der Waals surface area contributed by atoms with Crippen molar-refractivity contribution in [3.63, 3.8) is 0 Å². The van der Waals surface area contributed by atoms with E-state index in [1.807, 2.05) is 0 Å². The summed E-state index contributed by atoms with van der Waals surface area (Å²) in [5, 5.41) is 10.0. The zero-order valence-corrected chi connectivity index (χ0v) is 15.2. The number of phosphoric acid groups is 1. The monoisotopic (exact) mass is 408 g/mol. The maximum Gasteiger partial charge on any atom is 0.472 e. The van der Waals surface area contributed by atoms with Gasteiger partial charge in [-0.15, -0.1) is 0 Å². The molecule has 1 aromatic heterocycles. The minimum atomic E-state index is -4.58. The first kappa shape index (κ1) is 21.4. The highest BCUT2D eigenvalue weighted by atomic mass is 31.2. The van der Waals surface area contributed by atoms with Gasteiger partial charge in [0.1, 0.15) is 18.4 Å². The van der Waals surface area contributed by atoms with Crippen LogP contribution in [-0.4, -0.2) is 56.9 Å². The molecule has 152 valence electrons. The fraction of sp³-hybridized carbons (Fsp3) is 0.615. The average molecular weight is 408 g/mol. The average Bonchev–Trinajstić information content (AvgIpc) is 2.95. The van der Waals surface area contributed by atoms with E-state index in [-0.39, 0.29) is 12.0 Å². The SMILES string of the molecule is Cc1cn([C@H]2C[C@H](O)[C@@H](COP(=O)(O)OCC(N)C(N)=O)O2)c(=O)[nH]c1=O. The van der Waals surface area contributed by atoms with Gasteiger partial charge in [0.05, 0.1) is 19.3 Å². The molecule has 5 atom stereocenters. The van der Waals surface area contributed by atoms with E-state index in [1.165, 1.54) is 13.1 Å². The molecule has 0 aromatic carbocycles. The second-order valence-corrected chi connectivity index (χ2v) is 7.43. The number of hydrogen-bond acceptors (Lipinski definition) is 9. The normalized spacial score (nSPS) is 25.9. The first-order chi connectivity index (χ1) is 12.5. The predicted octanol–water partition coefficient (Wildman–Crippen LogP) is -2.56. The standard InChI is InChI=1S/C13H21N4O9P/c1-6-3-17(13(21)16-12(6)20)10-2-8(18)9(26-10)5-25-27(22,23)24-4-7(14)11(15)19/h3,7-10,18H,2,4-5,14H2,1H3,(H2,15,19)(H,22,23)(H,16,20,21)/t7?,8-,9+,10+/m0/s1. The van der Waals surface area contributed by atoms with Crippen molar-refractivity contribution in [1.29, 1.82) is 0 Å². The van der Waals surface area contributed by atoms with Gasteiger partial charge >= 0.3 is 13.5 Å². The number of nitrogens with zero attached hydrogens (tertiary/aromatic N) is 1. The molecule has 1 saturated heterocycles. The van der Waals surface area contributed by atoms with E-state index >= 15 is 0 Å². The molecule has 2 rings (SSSR count). The Morgan fingerprint density at radius 3 is 2.81 bits per heavy atom. The van der Waals surface area contributed by atoms with E-state index in [2.05, 4.69) is 9.51 Å². The molecule has 13 nitrogen and oxygen atoms in total. The number of nitrogens with two attached hydrogens (primary N) is 2. The van der Waals surface area contributed by atoms with Crippen molar-refractivity contribution in [3.05, 3.63) is 32.6 Å². The topological polar surface area (TPSA) is 209 Å². The number of aryl methyl sites for hydroxylation is 1. The molecule has 0 spiro atoms. The fourth-order valence-electron chi connectivity index (χ4n) is 2.30. The summed E-state index contributed by atoms with van der Waals surface area (Å²) < 4.78 is 27.6. The Bertz CT molecular complexity index is 853. The predicted molar refractivity (Wildman–Crippen MR) is 89.5 cm³/mol. The van der Waals surface area contributed by atoms with Gasteiger partial charge in [-0.05, 0) is 6.92 Å². The zero-order chi connectivity index (χ0) is 20.4. The smallest absolute Gasteiger partial charge is 0.390 e. The Morgan fingerprint density at radius 2 is 2.19 bits per heavy atom. The van der Waals surface area contributed by atoms with Crippen LogP contribution in [0.2, 0.25) is 0 Å². The number of amides is 1. The summed E-state index contributed by atoms with van der Waals surface area (Å²) in [4.78, 5) is 45.7. The molecule has 0 saturated carbocycles. The van der Waals surface area contributed by atoms with Crippen molar-refractivity contribution >= 4 is 13.7 Å². The first-order valence-electron chi connectivity index (χ1n) is 7.82. The van der Waals surface area contributed by atoms with E-state index in [1.54, 1.807) is 0 Å². The number of ether oxygens (including phenoxy) is 1. The zero-order valence-electron chi connectivity index (χ0n) is 14.3. The molecule has 0 radical (unpaired) electrons. The van der Waals surface area contributed by atoms with Crippen LogP contribution in [-0.2, 0) is 23.1 Å². The number of aliphatic hydroxyl groups excluding tert-OH is 1. The Kier molecular flexibility index (Phi) is 6.70. The molecule has 1 fully saturated rings. The third-order valence-corrected chi connectivity index (χ3v) is 4.80. The largest absolute Gasteiger partial charge is 0.472 e. The quantitative estimate of drug-likeness (QED) is 0.284. The van der Waals surface area contributed by atoms with Gasteiger partial charge in [-0.3, -0.25) is 28.2 Å². The van der Waals surface area contributed by atoms with Gasteiger partial charge in [0.2, 0.25) is 5.91 Å². The van der Waals surface area contributed by atoms with Gasteiger partial charge in [-0.25, -0.2) is 9.36 Å². The van der Waals surface area contributed by atoms with Crippen LogP contribution in [0.15, 0.2) is 15.8 Å². The van der Waals surface area contributed by atoms with E-state index in [0.29, 0.717) is 0 Å². The number of phosphoric ester groups is 1. The number of hydrogen-bond donors (Lipinski definition) is 5. The fourth-order valence-corrected chi connectivity index (χ4v) is 3.06. The Hall–Kier alpha value is -1.86. The highest BCUT2D eigenvalue weighted by Crippen LogP contribution is 2.44. The van der Waals surface area contributed by atoms with Gasteiger partial charge in [0.25, 0.3) is 5.56 Å². The van der Waals surface area contributed by atoms with Gasteiger partial charge in [-0.1, -0.05) is 0 Å². The van der Waals surface area contributed by atoms with Gasteiger partial charge < -0.3 is 26.2 Å². The van der Waals surface area contributed by atoms with Crippen LogP contribution in [0.1, 0.15) is 18.2 Å². The number of aromatic amines is 1. The number of carbonyl (C=O) groups is 1. The van der Waals surface area contributed by atoms with Crippen molar-refractivity contribution in [2.45, 2.75) is 37.8 Å². The minimum absolute atomic E-state index is 0.0114. The van der Waals surface area contributed by atoms with Crippen LogP contribution in [0.5, 0.6) is 0 Å². The molecule has 7 N–H and O–H groups in total. The summed E-state index contributed by atoms with van der Waals surface area (Å²) in [7, 11) is -4.58. The van der Waals surface area contributed by atoms with E-state index in [0.717, 1.165) is 4.57 Å². The maximum atomic E-state index is 11.9. The van der Waals surface area contributed by atoms with E-state index < -0.39 is 62.7 Å². The summed E-state index contributed by atoms with van der Waals surface area (Å²) in [5.74, 6) is -0.922. The number of rotatable bonds is 8. The molecule has 1 amide bonds. The highest BCUT2D eigenvalue weighted by Gasteiger charge is 2.37. The van der Waals surface area contributed by atoms with Crippen molar-refractivity contribution in [3.8, 4) is 0 Å². The summed E-state index contributed by atoms with van der Waals surface area (Å²) >= 11 is 0. The number of nitrogens with one attached hydrogen (secondary N) is 1.